The highest BCUT2D eigenvalue weighted by molar-refractivity contribution is 6.26. The smallest absolute Gasteiger partial charge is 0.136 e. The summed E-state index contributed by atoms with van der Waals surface area (Å²) in [5, 5.41) is 23.8. The van der Waals surface area contributed by atoms with Crippen molar-refractivity contribution in [2.75, 3.05) is 0 Å². The zero-order valence-electron chi connectivity index (χ0n) is 47.3. The summed E-state index contributed by atoms with van der Waals surface area (Å²) >= 11 is 0. The van der Waals surface area contributed by atoms with Crippen LogP contribution in [0.3, 0.4) is 0 Å². The predicted molar refractivity (Wildman–Crippen MR) is 369 cm³/mol. The first-order chi connectivity index (χ1) is 43.6. The molecule has 16 aromatic carbocycles. The van der Waals surface area contributed by atoms with Crippen LogP contribution < -0.4 is 0 Å². The van der Waals surface area contributed by atoms with E-state index in [-0.39, 0.29) is 0 Å². The Bertz CT molecular complexity index is 5830. The van der Waals surface area contributed by atoms with Gasteiger partial charge in [-0.2, -0.15) is 0 Å². The summed E-state index contributed by atoms with van der Waals surface area (Å²) in [4.78, 5) is 0. The fourth-order valence-corrected chi connectivity index (χ4v) is 14.7. The standard InChI is InChI=1S/C46H26O2.C38H22O2/c1-3-11-31-27(9-1)19-23-39-45(31)37-21-17-29(25-41(37)47-39)43-33-13-5-7-15-35(33)44(36-16-8-6-14-34(36)43)30-18-22-38-42(26-30)48-40-24-20-28-10-2-4-12-32(28)46(38)40;1-2-12-30-29(11-1)37(23-17-19-27-25-9-5-7-15-33(25)39-35(27)21-23)31-13-3-4-14-32(31)38(30)24-18-20-28-26-10-6-8-16-34(26)40-36(28)22-24/h1-26H;1-22H. The van der Waals surface area contributed by atoms with Crippen molar-refractivity contribution in [1.29, 1.82) is 0 Å². The van der Waals surface area contributed by atoms with E-state index in [1.807, 2.05) is 24.3 Å². The lowest BCUT2D eigenvalue weighted by atomic mass is 9.85. The zero-order chi connectivity index (χ0) is 57.6. The minimum absolute atomic E-state index is 0.902. The molecule has 4 aromatic heterocycles. The van der Waals surface area contributed by atoms with E-state index in [1.165, 1.54) is 97.7 Å². The molecule has 0 fully saturated rings. The number of furan rings is 4. The van der Waals surface area contributed by atoms with Gasteiger partial charge in [0.1, 0.15) is 44.7 Å². The van der Waals surface area contributed by atoms with Crippen molar-refractivity contribution in [2.45, 2.75) is 0 Å². The molecule has 0 amide bonds. The molecular weight excluding hydrogens is 1070 g/mol. The van der Waals surface area contributed by atoms with Crippen LogP contribution in [0.1, 0.15) is 0 Å². The maximum atomic E-state index is 6.52. The van der Waals surface area contributed by atoms with Crippen molar-refractivity contribution in [3.05, 3.63) is 291 Å². The van der Waals surface area contributed by atoms with E-state index in [0.717, 1.165) is 99.2 Å². The normalized spacial score (nSPS) is 12.1. The topological polar surface area (TPSA) is 52.6 Å². The Kier molecular flexibility index (Phi) is 10.4. The van der Waals surface area contributed by atoms with Crippen LogP contribution in [-0.4, -0.2) is 0 Å². The second-order valence-corrected chi connectivity index (χ2v) is 23.2. The van der Waals surface area contributed by atoms with Crippen LogP contribution in [0.5, 0.6) is 0 Å². The highest BCUT2D eigenvalue weighted by Crippen LogP contribution is 2.49. The van der Waals surface area contributed by atoms with Gasteiger partial charge in [0, 0.05) is 43.1 Å². The van der Waals surface area contributed by atoms with Crippen LogP contribution in [0.4, 0.5) is 0 Å². The van der Waals surface area contributed by atoms with Crippen molar-refractivity contribution in [3.63, 3.8) is 0 Å². The molecule has 88 heavy (non-hydrogen) atoms. The SMILES string of the molecule is c1ccc2c(c1)ccc1oc3cc(-c4c5ccccc5c(-c5ccc6c(c5)oc5ccc7ccccc7c56)c5ccccc45)ccc3c12.c1ccc2c(c1)oc1cc(-c3c4ccccc4c(-c4ccc5c(c4)oc4ccccc45)c4ccccc34)ccc12. The molecule has 0 spiro atoms. The highest BCUT2D eigenvalue weighted by Gasteiger charge is 2.22. The van der Waals surface area contributed by atoms with E-state index in [9.17, 15) is 0 Å². The minimum atomic E-state index is 0.902. The number of fused-ring (bicyclic) bond motifs is 20. The van der Waals surface area contributed by atoms with Gasteiger partial charge in [0.2, 0.25) is 0 Å². The van der Waals surface area contributed by atoms with Gasteiger partial charge in [-0.3, -0.25) is 0 Å². The van der Waals surface area contributed by atoms with Gasteiger partial charge < -0.3 is 17.7 Å². The van der Waals surface area contributed by atoms with Gasteiger partial charge in [0.15, 0.2) is 0 Å². The molecule has 0 unspecified atom stereocenters. The lowest BCUT2D eigenvalue weighted by Crippen LogP contribution is -1.90. The Morgan fingerprint density at radius 2 is 0.386 bits per heavy atom. The van der Waals surface area contributed by atoms with Crippen LogP contribution in [0.25, 0.3) is 197 Å². The first-order valence-corrected chi connectivity index (χ1v) is 30.0. The summed E-state index contributed by atoms with van der Waals surface area (Å²) in [5.74, 6) is 0. The lowest BCUT2D eigenvalue weighted by molar-refractivity contribution is 0.668. The molecule has 0 N–H and O–H groups in total. The van der Waals surface area contributed by atoms with E-state index in [0.29, 0.717) is 0 Å². The predicted octanol–water partition coefficient (Wildman–Crippen LogP) is 24.6. The maximum absolute atomic E-state index is 6.52. The Balaban J connectivity index is 0.000000130. The van der Waals surface area contributed by atoms with Crippen LogP contribution in [0.15, 0.2) is 309 Å². The number of para-hydroxylation sites is 2. The van der Waals surface area contributed by atoms with Crippen LogP contribution in [-0.2, 0) is 0 Å². The average Bonchev–Trinajstić information content (AvgIpc) is 3.13. The Morgan fingerprint density at radius 1 is 0.148 bits per heavy atom. The molecule has 20 aromatic rings. The molecule has 4 heterocycles. The molecule has 0 aliphatic carbocycles. The Labute approximate surface area is 502 Å². The third-order valence-corrected chi connectivity index (χ3v) is 18.5. The molecule has 408 valence electrons. The molecule has 4 nitrogen and oxygen atoms in total. The minimum Gasteiger partial charge on any atom is -0.456 e. The monoisotopic (exact) mass is 1120 g/mol. The molecular formula is C84H48O4. The molecule has 0 saturated heterocycles. The molecule has 0 saturated carbocycles. The largest absolute Gasteiger partial charge is 0.456 e. The van der Waals surface area contributed by atoms with Crippen LogP contribution in [0.2, 0.25) is 0 Å². The van der Waals surface area contributed by atoms with Gasteiger partial charge >= 0.3 is 0 Å². The lowest BCUT2D eigenvalue weighted by Gasteiger charge is -2.17. The van der Waals surface area contributed by atoms with Crippen molar-refractivity contribution < 1.29 is 17.7 Å². The van der Waals surface area contributed by atoms with E-state index < -0.39 is 0 Å². The van der Waals surface area contributed by atoms with Crippen LogP contribution in [0, 0.1) is 0 Å². The highest BCUT2D eigenvalue weighted by atomic mass is 16.3. The van der Waals surface area contributed by atoms with Gasteiger partial charge in [-0.15, -0.1) is 0 Å². The molecule has 0 bridgehead atoms. The number of hydrogen-bond acceptors (Lipinski definition) is 4. The first kappa shape index (κ1) is 48.6. The molecule has 0 aliphatic rings. The van der Waals surface area contributed by atoms with Gasteiger partial charge in [0.25, 0.3) is 0 Å². The summed E-state index contributed by atoms with van der Waals surface area (Å²) < 4.78 is 25.6. The molecule has 0 radical (unpaired) electrons. The fraction of sp³-hybridized carbons (Fsp3) is 0. The zero-order valence-corrected chi connectivity index (χ0v) is 47.3. The van der Waals surface area contributed by atoms with Gasteiger partial charge in [0.05, 0.1) is 0 Å². The van der Waals surface area contributed by atoms with Crippen LogP contribution >= 0.6 is 0 Å². The molecule has 4 heteroatoms. The Hall–Kier alpha value is -11.7. The Morgan fingerprint density at radius 3 is 0.716 bits per heavy atom. The van der Waals surface area contributed by atoms with E-state index in [2.05, 4.69) is 267 Å². The van der Waals surface area contributed by atoms with Crippen molar-refractivity contribution in [2.24, 2.45) is 0 Å². The third-order valence-electron chi connectivity index (χ3n) is 18.5. The van der Waals surface area contributed by atoms with Gasteiger partial charge in [-0.1, -0.05) is 218 Å². The van der Waals surface area contributed by atoms with Gasteiger partial charge in [-0.25, -0.2) is 0 Å². The van der Waals surface area contributed by atoms with E-state index in [1.54, 1.807) is 0 Å². The summed E-state index contributed by atoms with van der Waals surface area (Å²) in [6.07, 6.45) is 0. The van der Waals surface area contributed by atoms with E-state index in [4.69, 9.17) is 17.7 Å². The van der Waals surface area contributed by atoms with Crippen molar-refractivity contribution in [1.82, 2.24) is 0 Å². The number of hydrogen-bond donors (Lipinski definition) is 0. The second-order valence-electron chi connectivity index (χ2n) is 23.2. The summed E-state index contributed by atoms with van der Waals surface area (Å²) in [6.45, 7) is 0. The summed E-state index contributed by atoms with van der Waals surface area (Å²) in [7, 11) is 0. The maximum Gasteiger partial charge on any atom is 0.136 e. The van der Waals surface area contributed by atoms with Crippen molar-refractivity contribution in [3.8, 4) is 44.5 Å². The quantitative estimate of drug-likeness (QED) is 0.165. The van der Waals surface area contributed by atoms with Gasteiger partial charge in [-0.05, 0) is 182 Å². The van der Waals surface area contributed by atoms with E-state index >= 15 is 0 Å². The summed E-state index contributed by atoms with van der Waals surface area (Å²) in [5.41, 5.74) is 16.8. The molecule has 20 rings (SSSR count). The molecule has 0 atom stereocenters. The molecule has 0 aliphatic heterocycles. The number of benzene rings is 16. The fourth-order valence-electron chi connectivity index (χ4n) is 14.7. The van der Waals surface area contributed by atoms with Crippen molar-refractivity contribution >= 4 is 152 Å². The summed E-state index contributed by atoms with van der Waals surface area (Å²) in [6, 6.07) is 104. The number of rotatable bonds is 4. The third kappa shape index (κ3) is 7.27. The first-order valence-electron chi connectivity index (χ1n) is 30.0. The average molecular weight is 1120 g/mol. The second kappa shape index (κ2) is 18.9.